The molecule has 2 heterocycles. The maximum atomic E-state index is 12.7. The van der Waals surface area contributed by atoms with Crippen molar-refractivity contribution >= 4 is 10.2 Å². The molecule has 2 unspecified atom stereocenters. The first-order chi connectivity index (χ1) is 9.05. The van der Waals surface area contributed by atoms with Gasteiger partial charge in [-0.25, -0.2) is 0 Å². The average Bonchev–Trinajstić information content (AvgIpc) is 2.40. The molecule has 0 bridgehead atoms. The van der Waals surface area contributed by atoms with Gasteiger partial charge in [-0.15, -0.1) is 0 Å². The topological polar surface area (TPSA) is 52.7 Å². The van der Waals surface area contributed by atoms with Crippen LogP contribution in [0, 0.1) is 5.92 Å². The van der Waals surface area contributed by atoms with E-state index < -0.39 is 10.2 Å². The van der Waals surface area contributed by atoms with E-state index in [0.29, 0.717) is 25.6 Å². The van der Waals surface area contributed by atoms with E-state index in [1.165, 1.54) is 0 Å². The second kappa shape index (κ2) is 6.52. The SMILES string of the molecule is CNCC1CCCN(S(=O)(=O)N2CCCCC2C)C1. The van der Waals surface area contributed by atoms with Crippen molar-refractivity contribution in [2.24, 2.45) is 5.92 Å². The fraction of sp³-hybridized carbons (Fsp3) is 1.00. The Hall–Kier alpha value is -0.170. The summed E-state index contributed by atoms with van der Waals surface area (Å²) in [7, 11) is -1.32. The lowest BCUT2D eigenvalue weighted by Gasteiger charge is -2.39. The summed E-state index contributed by atoms with van der Waals surface area (Å²) < 4.78 is 28.9. The number of rotatable bonds is 4. The number of hydrogen-bond acceptors (Lipinski definition) is 3. The minimum absolute atomic E-state index is 0.156. The molecule has 2 fully saturated rings. The molecule has 0 radical (unpaired) electrons. The molecule has 0 aliphatic carbocycles. The molecule has 5 nitrogen and oxygen atoms in total. The second-order valence-electron chi connectivity index (χ2n) is 5.89. The average molecular weight is 289 g/mol. The Morgan fingerprint density at radius 2 is 1.95 bits per heavy atom. The molecule has 19 heavy (non-hydrogen) atoms. The Kier molecular flexibility index (Phi) is 5.22. The maximum Gasteiger partial charge on any atom is 0.282 e. The Morgan fingerprint density at radius 1 is 1.16 bits per heavy atom. The molecule has 0 amide bonds. The Morgan fingerprint density at radius 3 is 2.63 bits per heavy atom. The fourth-order valence-electron chi connectivity index (χ4n) is 3.25. The van der Waals surface area contributed by atoms with E-state index in [4.69, 9.17) is 0 Å². The summed E-state index contributed by atoms with van der Waals surface area (Å²) in [4.78, 5) is 0. The van der Waals surface area contributed by atoms with Gasteiger partial charge in [0.1, 0.15) is 0 Å². The quantitative estimate of drug-likeness (QED) is 0.841. The van der Waals surface area contributed by atoms with Crippen LogP contribution in [0.15, 0.2) is 0 Å². The molecule has 6 heteroatoms. The largest absolute Gasteiger partial charge is 0.319 e. The van der Waals surface area contributed by atoms with E-state index in [1.807, 2.05) is 14.0 Å². The molecule has 0 aromatic rings. The van der Waals surface area contributed by atoms with Gasteiger partial charge in [0.2, 0.25) is 0 Å². The van der Waals surface area contributed by atoms with Crippen LogP contribution in [0.1, 0.15) is 39.0 Å². The van der Waals surface area contributed by atoms with E-state index >= 15 is 0 Å². The summed E-state index contributed by atoms with van der Waals surface area (Å²) in [6.07, 6.45) is 5.25. The van der Waals surface area contributed by atoms with Gasteiger partial charge in [-0.05, 0) is 52.1 Å². The van der Waals surface area contributed by atoms with Gasteiger partial charge in [0.25, 0.3) is 10.2 Å². The lowest BCUT2D eigenvalue weighted by Crippen LogP contribution is -2.52. The summed E-state index contributed by atoms with van der Waals surface area (Å²) in [5.41, 5.74) is 0. The van der Waals surface area contributed by atoms with Gasteiger partial charge in [0.05, 0.1) is 0 Å². The standard InChI is InChI=1S/C13H27N3O2S/c1-12-6-3-4-9-16(12)19(17,18)15-8-5-7-13(11-15)10-14-2/h12-14H,3-11H2,1-2H3. The normalized spacial score (nSPS) is 31.5. The number of hydrogen-bond donors (Lipinski definition) is 1. The van der Waals surface area contributed by atoms with Crippen LogP contribution in [0.4, 0.5) is 0 Å². The molecular formula is C13H27N3O2S. The minimum Gasteiger partial charge on any atom is -0.319 e. The van der Waals surface area contributed by atoms with E-state index in [1.54, 1.807) is 8.61 Å². The molecule has 0 aromatic heterocycles. The molecule has 1 N–H and O–H groups in total. The molecule has 0 saturated carbocycles. The lowest BCUT2D eigenvalue weighted by molar-refractivity contribution is 0.213. The van der Waals surface area contributed by atoms with Crippen LogP contribution < -0.4 is 5.32 Å². The summed E-state index contributed by atoms with van der Waals surface area (Å²) in [6.45, 7) is 4.99. The smallest absolute Gasteiger partial charge is 0.282 e. The van der Waals surface area contributed by atoms with Crippen molar-refractivity contribution in [3.8, 4) is 0 Å². The molecule has 0 aromatic carbocycles. The van der Waals surface area contributed by atoms with Gasteiger partial charge in [-0.1, -0.05) is 6.42 Å². The number of nitrogens with one attached hydrogen (secondary N) is 1. The van der Waals surface area contributed by atoms with Gasteiger partial charge < -0.3 is 5.32 Å². The molecule has 0 spiro atoms. The predicted octanol–water partition coefficient (Wildman–Crippen LogP) is 1.04. The van der Waals surface area contributed by atoms with Gasteiger partial charge >= 0.3 is 0 Å². The molecule has 2 aliphatic rings. The van der Waals surface area contributed by atoms with Crippen molar-refractivity contribution in [3.63, 3.8) is 0 Å². The summed E-state index contributed by atoms with van der Waals surface area (Å²) in [5, 5.41) is 3.16. The van der Waals surface area contributed by atoms with Gasteiger partial charge in [-0.3, -0.25) is 0 Å². The Bertz CT molecular complexity index is 383. The van der Waals surface area contributed by atoms with E-state index in [2.05, 4.69) is 5.32 Å². The summed E-state index contributed by atoms with van der Waals surface area (Å²) >= 11 is 0. The van der Waals surface area contributed by atoms with Crippen LogP contribution in [-0.4, -0.2) is 56.3 Å². The van der Waals surface area contributed by atoms with Crippen molar-refractivity contribution < 1.29 is 8.42 Å². The van der Waals surface area contributed by atoms with Crippen molar-refractivity contribution in [1.82, 2.24) is 13.9 Å². The van der Waals surface area contributed by atoms with Crippen LogP contribution in [0.25, 0.3) is 0 Å². The Labute approximate surface area is 117 Å². The van der Waals surface area contributed by atoms with Crippen LogP contribution in [0.2, 0.25) is 0 Å². The van der Waals surface area contributed by atoms with E-state index in [0.717, 1.165) is 38.6 Å². The fourth-order valence-corrected chi connectivity index (χ4v) is 5.23. The molecule has 2 atom stereocenters. The summed E-state index contributed by atoms with van der Waals surface area (Å²) in [5.74, 6) is 0.452. The second-order valence-corrected chi connectivity index (χ2v) is 7.77. The third kappa shape index (κ3) is 3.48. The van der Waals surface area contributed by atoms with Gasteiger partial charge in [0.15, 0.2) is 0 Å². The van der Waals surface area contributed by atoms with Crippen LogP contribution in [-0.2, 0) is 10.2 Å². The van der Waals surface area contributed by atoms with Crippen molar-refractivity contribution in [1.29, 1.82) is 0 Å². The molecule has 2 saturated heterocycles. The lowest BCUT2D eigenvalue weighted by atomic mass is 10.00. The van der Waals surface area contributed by atoms with Crippen LogP contribution in [0.5, 0.6) is 0 Å². The minimum atomic E-state index is -3.25. The van der Waals surface area contributed by atoms with Crippen molar-refractivity contribution in [2.45, 2.75) is 45.1 Å². The van der Waals surface area contributed by atoms with Crippen molar-refractivity contribution in [2.75, 3.05) is 33.2 Å². The van der Waals surface area contributed by atoms with Gasteiger partial charge in [-0.2, -0.15) is 17.0 Å². The maximum absolute atomic E-state index is 12.7. The predicted molar refractivity (Wildman–Crippen MR) is 77.2 cm³/mol. The van der Waals surface area contributed by atoms with Crippen molar-refractivity contribution in [3.05, 3.63) is 0 Å². The van der Waals surface area contributed by atoms with Gasteiger partial charge in [0, 0.05) is 25.7 Å². The third-order valence-corrected chi connectivity index (χ3v) is 6.46. The third-order valence-electron chi connectivity index (χ3n) is 4.34. The summed E-state index contributed by atoms with van der Waals surface area (Å²) in [6, 6.07) is 0.156. The number of nitrogens with zero attached hydrogens (tertiary/aromatic N) is 2. The first-order valence-corrected chi connectivity index (χ1v) is 8.87. The molecule has 2 rings (SSSR count). The first-order valence-electron chi connectivity index (χ1n) is 7.47. The highest BCUT2D eigenvalue weighted by Gasteiger charge is 2.36. The zero-order chi connectivity index (χ0) is 13.9. The molecular weight excluding hydrogens is 262 g/mol. The highest BCUT2D eigenvalue weighted by atomic mass is 32.2. The molecule has 112 valence electrons. The zero-order valence-corrected chi connectivity index (χ0v) is 13.0. The first kappa shape index (κ1) is 15.2. The highest BCUT2D eigenvalue weighted by molar-refractivity contribution is 7.86. The molecule has 2 aliphatic heterocycles. The number of piperidine rings is 2. The zero-order valence-electron chi connectivity index (χ0n) is 12.1. The van der Waals surface area contributed by atoms with E-state index in [9.17, 15) is 8.42 Å². The van der Waals surface area contributed by atoms with E-state index in [-0.39, 0.29) is 6.04 Å². The Balaban J connectivity index is 2.05. The van der Waals surface area contributed by atoms with Crippen LogP contribution >= 0.6 is 0 Å². The van der Waals surface area contributed by atoms with Crippen LogP contribution in [0.3, 0.4) is 0 Å². The monoisotopic (exact) mass is 289 g/mol. The highest BCUT2D eigenvalue weighted by Crippen LogP contribution is 2.26.